The van der Waals surface area contributed by atoms with Gasteiger partial charge in [-0.15, -0.1) is 0 Å². The van der Waals surface area contributed by atoms with Gasteiger partial charge in [-0.05, 0) is 29.8 Å². The Balaban J connectivity index is 2.00. The highest BCUT2D eigenvalue weighted by Gasteiger charge is 2.17. The largest absolute Gasteiger partial charge is 0.508 e. The van der Waals surface area contributed by atoms with Crippen molar-refractivity contribution >= 4 is 29.3 Å². The van der Waals surface area contributed by atoms with E-state index in [1.165, 1.54) is 30.3 Å². The Morgan fingerprint density at radius 3 is 2.54 bits per heavy atom. The predicted molar refractivity (Wildman–Crippen MR) is 90.0 cm³/mol. The summed E-state index contributed by atoms with van der Waals surface area (Å²) in [6.45, 7) is 0. The van der Waals surface area contributed by atoms with Crippen molar-refractivity contribution in [3.8, 4) is 11.5 Å². The van der Waals surface area contributed by atoms with Crippen molar-refractivity contribution in [1.29, 1.82) is 0 Å². The number of aromatic hydroxyl groups is 1. The third-order valence-corrected chi connectivity index (χ3v) is 3.09. The van der Waals surface area contributed by atoms with Gasteiger partial charge in [0.05, 0.1) is 4.92 Å². The lowest BCUT2D eigenvalue weighted by Crippen LogP contribution is -2.05. The molecule has 2 rings (SSSR count). The summed E-state index contributed by atoms with van der Waals surface area (Å²) in [5.74, 6) is -0.770. The molecule has 122 valence electrons. The maximum atomic E-state index is 11.7. The van der Waals surface area contributed by atoms with Crippen LogP contribution in [-0.4, -0.2) is 16.0 Å². The highest BCUT2D eigenvalue weighted by molar-refractivity contribution is 6.30. The maximum absolute atomic E-state index is 11.7. The molecule has 0 fully saturated rings. The number of carbonyl (C=O) groups is 1. The second-order valence-corrected chi connectivity index (χ2v) is 5.04. The SMILES string of the molecule is O=C(/C=C/C=C/c1ccc(O)cc1)Oc1ccc(Cl)cc1[N+](=O)[O-]. The fraction of sp³-hybridized carbons (Fsp3) is 0. The van der Waals surface area contributed by atoms with Crippen molar-refractivity contribution in [2.24, 2.45) is 0 Å². The summed E-state index contributed by atoms with van der Waals surface area (Å²) in [7, 11) is 0. The van der Waals surface area contributed by atoms with E-state index in [1.807, 2.05) is 0 Å². The summed E-state index contributed by atoms with van der Waals surface area (Å²) in [6.07, 6.45) is 5.89. The minimum atomic E-state index is -0.754. The van der Waals surface area contributed by atoms with E-state index in [0.29, 0.717) is 0 Å². The molecular weight excluding hydrogens is 334 g/mol. The third kappa shape index (κ3) is 4.96. The number of nitrogens with zero attached hydrogens (tertiary/aromatic N) is 1. The van der Waals surface area contributed by atoms with Crippen LogP contribution in [0.25, 0.3) is 6.08 Å². The molecule has 24 heavy (non-hydrogen) atoms. The van der Waals surface area contributed by atoms with Gasteiger partial charge in [-0.2, -0.15) is 0 Å². The number of phenolic OH excluding ortho intramolecular Hbond substituents is 1. The lowest BCUT2D eigenvalue weighted by atomic mass is 10.2. The van der Waals surface area contributed by atoms with Crippen LogP contribution in [0.2, 0.25) is 5.02 Å². The molecule has 0 aliphatic carbocycles. The number of hydrogen-bond donors (Lipinski definition) is 1. The number of phenols is 1. The Bertz CT molecular complexity index is 812. The van der Waals surface area contributed by atoms with E-state index in [1.54, 1.807) is 24.3 Å². The van der Waals surface area contributed by atoms with Crippen molar-refractivity contribution in [3.63, 3.8) is 0 Å². The van der Waals surface area contributed by atoms with Crippen LogP contribution in [0.1, 0.15) is 5.56 Å². The number of nitro groups is 1. The average molecular weight is 346 g/mol. The Labute approximate surface area is 142 Å². The van der Waals surface area contributed by atoms with Crippen LogP contribution in [0.15, 0.2) is 60.7 Å². The van der Waals surface area contributed by atoms with E-state index < -0.39 is 10.9 Å². The molecule has 0 spiro atoms. The first-order valence-electron chi connectivity index (χ1n) is 6.75. The maximum Gasteiger partial charge on any atom is 0.336 e. The summed E-state index contributed by atoms with van der Waals surface area (Å²) in [6, 6.07) is 10.3. The lowest BCUT2D eigenvalue weighted by molar-refractivity contribution is -0.385. The van der Waals surface area contributed by atoms with Crippen molar-refractivity contribution in [2.75, 3.05) is 0 Å². The number of esters is 1. The van der Waals surface area contributed by atoms with Crippen molar-refractivity contribution in [2.45, 2.75) is 0 Å². The first-order valence-corrected chi connectivity index (χ1v) is 7.13. The van der Waals surface area contributed by atoms with Crippen molar-refractivity contribution < 1.29 is 19.6 Å². The molecule has 2 aromatic carbocycles. The van der Waals surface area contributed by atoms with Gasteiger partial charge in [0.1, 0.15) is 5.75 Å². The third-order valence-electron chi connectivity index (χ3n) is 2.85. The van der Waals surface area contributed by atoms with Gasteiger partial charge in [-0.1, -0.05) is 42.0 Å². The van der Waals surface area contributed by atoms with Crippen molar-refractivity contribution in [3.05, 3.63) is 81.4 Å². The smallest absolute Gasteiger partial charge is 0.336 e. The zero-order valence-corrected chi connectivity index (χ0v) is 13.0. The van der Waals surface area contributed by atoms with Gasteiger partial charge >= 0.3 is 11.7 Å². The summed E-state index contributed by atoms with van der Waals surface area (Å²) >= 11 is 5.68. The number of carbonyl (C=O) groups excluding carboxylic acids is 1. The Morgan fingerprint density at radius 2 is 1.88 bits per heavy atom. The van der Waals surface area contributed by atoms with Crippen LogP contribution in [0.3, 0.4) is 0 Å². The highest BCUT2D eigenvalue weighted by atomic mass is 35.5. The summed E-state index contributed by atoms with van der Waals surface area (Å²) in [5.41, 5.74) is 0.447. The quantitative estimate of drug-likeness (QED) is 0.220. The molecule has 0 aliphatic heterocycles. The molecule has 0 radical (unpaired) electrons. The van der Waals surface area contributed by atoms with E-state index in [9.17, 15) is 14.9 Å². The van der Waals surface area contributed by atoms with Gasteiger partial charge in [-0.3, -0.25) is 10.1 Å². The second kappa shape index (κ2) is 7.94. The number of allylic oxidation sites excluding steroid dienone is 2. The van der Waals surface area contributed by atoms with Gasteiger partial charge in [0, 0.05) is 17.2 Å². The Morgan fingerprint density at radius 1 is 1.17 bits per heavy atom. The van der Waals surface area contributed by atoms with E-state index in [4.69, 9.17) is 21.4 Å². The van der Waals surface area contributed by atoms with Crippen LogP contribution in [-0.2, 0) is 4.79 Å². The Kier molecular flexibility index (Phi) is 5.70. The number of hydrogen-bond acceptors (Lipinski definition) is 5. The first kappa shape index (κ1) is 17.2. The molecule has 0 aliphatic rings. The molecule has 1 N–H and O–H groups in total. The van der Waals surface area contributed by atoms with Crippen molar-refractivity contribution in [1.82, 2.24) is 0 Å². The van der Waals surface area contributed by atoms with E-state index in [2.05, 4.69) is 0 Å². The second-order valence-electron chi connectivity index (χ2n) is 4.60. The molecule has 0 bridgehead atoms. The number of halogens is 1. The fourth-order valence-electron chi connectivity index (χ4n) is 1.75. The van der Waals surface area contributed by atoms with Gasteiger partial charge in [0.15, 0.2) is 0 Å². The molecule has 0 heterocycles. The standard InChI is InChI=1S/C17H12ClNO5/c18-13-7-10-16(15(11-13)19(22)23)24-17(21)4-2-1-3-12-5-8-14(20)9-6-12/h1-11,20H/b3-1+,4-2+. The topological polar surface area (TPSA) is 89.7 Å². The van der Waals surface area contributed by atoms with Crippen LogP contribution < -0.4 is 4.74 Å². The summed E-state index contributed by atoms with van der Waals surface area (Å²) in [4.78, 5) is 21.9. The molecule has 0 aromatic heterocycles. The van der Waals surface area contributed by atoms with Gasteiger partial charge in [0.2, 0.25) is 5.75 Å². The van der Waals surface area contributed by atoms with Crippen LogP contribution in [0.5, 0.6) is 11.5 Å². The lowest BCUT2D eigenvalue weighted by Gasteiger charge is -2.02. The molecule has 0 amide bonds. The zero-order valence-electron chi connectivity index (χ0n) is 12.3. The van der Waals surface area contributed by atoms with Gasteiger partial charge in [-0.25, -0.2) is 4.79 Å². The Hall–Kier alpha value is -3.12. The number of nitro benzene ring substituents is 1. The molecule has 6 nitrogen and oxygen atoms in total. The monoisotopic (exact) mass is 345 g/mol. The zero-order chi connectivity index (χ0) is 17.5. The molecule has 7 heteroatoms. The minimum absolute atomic E-state index is 0.163. The minimum Gasteiger partial charge on any atom is -0.508 e. The number of rotatable bonds is 5. The van der Waals surface area contributed by atoms with Crippen LogP contribution in [0, 0.1) is 10.1 Å². The van der Waals surface area contributed by atoms with E-state index >= 15 is 0 Å². The molecule has 2 aromatic rings. The summed E-state index contributed by atoms with van der Waals surface area (Å²) in [5, 5.41) is 20.2. The normalized spacial score (nSPS) is 11.0. The van der Waals surface area contributed by atoms with Crippen LogP contribution in [0.4, 0.5) is 5.69 Å². The average Bonchev–Trinajstić information content (AvgIpc) is 2.55. The van der Waals surface area contributed by atoms with E-state index in [-0.39, 0.29) is 22.2 Å². The molecular formula is C17H12ClNO5. The highest BCUT2D eigenvalue weighted by Crippen LogP contribution is 2.29. The molecule has 0 saturated carbocycles. The first-order chi connectivity index (χ1) is 11.5. The molecule has 0 saturated heterocycles. The number of benzene rings is 2. The van der Waals surface area contributed by atoms with Gasteiger partial charge in [0.25, 0.3) is 0 Å². The number of ether oxygens (including phenoxy) is 1. The van der Waals surface area contributed by atoms with E-state index in [0.717, 1.165) is 17.7 Å². The molecule has 0 atom stereocenters. The molecule has 0 unspecified atom stereocenters. The van der Waals surface area contributed by atoms with Gasteiger partial charge < -0.3 is 9.84 Å². The summed E-state index contributed by atoms with van der Waals surface area (Å²) < 4.78 is 4.94. The fourth-order valence-corrected chi connectivity index (χ4v) is 1.91. The van der Waals surface area contributed by atoms with Crippen LogP contribution >= 0.6 is 11.6 Å². The predicted octanol–water partition coefficient (Wildman–Crippen LogP) is 4.13.